The molecule has 136 valence electrons. The number of rotatable bonds is 14. The number of hydrogen-bond donors (Lipinski definition) is 8. The molecule has 0 fully saturated rings. The highest BCUT2D eigenvalue weighted by atomic mass is 16.5. The first-order chi connectivity index (χ1) is 10.8. The molecule has 0 heterocycles. The molecule has 0 atom stereocenters. The average Bonchev–Trinajstić information content (AvgIpc) is 2.54. The number of ether oxygens (including phenoxy) is 1. The van der Waals surface area contributed by atoms with Crippen LogP contribution in [0, 0.1) is 0 Å². The molecule has 8 N–H and O–H groups in total. The first-order valence-corrected chi connectivity index (χ1v) is 6.73. The predicted octanol–water partition coefficient (Wildman–Crippen LogP) is -4.20. The summed E-state index contributed by atoms with van der Waals surface area (Å²) in [7, 11) is 0. The van der Waals surface area contributed by atoms with Gasteiger partial charge in [0.2, 0.25) is 0 Å². The van der Waals surface area contributed by atoms with Crippen molar-refractivity contribution in [2.45, 2.75) is 11.1 Å². The van der Waals surface area contributed by atoms with Crippen LogP contribution in [0.25, 0.3) is 0 Å². The maximum Gasteiger partial charge on any atom is 0.317 e. The quantitative estimate of drug-likeness (QED) is 0.153. The van der Waals surface area contributed by atoms with E-state index >= 15 is 0 Å². The monoisotopic (exact) mass is 340 g/mol. The molecule has 0 spiro atoms. The minimum atomic E-state index is -1.43. The molecule has 0 aliphatic heterocycles. The molecule has 0 aromatic rings. The van der Waals surface area contributed by atoms with Crippen LogP contribution in [-0.2, 0) is 14.3 Å². The van der Waals surface area contributed by atoms with Gasteiger partial charge in [-0.15, -0.1) is 0 Å². The predicted molar refractivity (Wildman–Crippen MR) is 75.9 cm³/mol. The second-order valence-corrected chi connectivity index (χ2v) is 5.18. The number of carbonyl (C=O) groups is 2. The summed E-state index contributed by atoms with van der Waals surface area (Å²) in [5.41, 5.74) is -2.86. The lowest BCUT2D eigenvalue weighted by Crippen LogP contribution is -2.60. The van der Waals surface area contributed by atoms with Gasteiger partial charge in [-0.1, -0.05) is 0 Å². The number of aliphatic hydroxyl groups is 4. The van der Waals surface area contributed by atoms with Crippen LogP contribution in [0.4, 0.5) is 0 Å². The van der Waals surface area contributed by atoms with Crippen molar-refractivity contribution in [3.63, 3.8) is 0 Å². The number of aliphatic hydroxyl groups excluding tert-OH is 4. The van der Waals surface area contributed by atoms with Crippen LogP contribution >= 0.6 is 0 Å². The van der Waals surface area contributed by atoms with E-state index in [1.807, 2.05) is 0 Å². The van der Waals surface area contributed by atoms with Crippen molar-refractivity contribution in [3.8, 4) is 0 Å². The standard InChI is InChI=1S/C12H24N2O9/c15-3-11(4-16,13-1-9(19)20)7-23-8-12(5-17,6-18)14-2-10(21)22/h13-18H,1-8H2,(H,19,20)(H,21,22). The van der Waals surface area contributed by atoms with Gasteiger partial charge in [0.05, 0.1) is 63.8 Å². The fourth-order valence-corrected chi connectivity index (χ4v) is 1.58. The third-order valence-electron chi connectivity index (χ3n) is 3.20. The second-order valence-electron chi connectivity index (χ2n) is 5.18. The SMILES string of the molecule is O=C(O)CNC(CO)(CO)COCC(CO)(CO)NCC(=O)O. The van der Waals surface area contributed by atoms with Crippen LogP contribution in [0.2, 0.25) is 0 Å². The Kier molecular flexibility index (Phi) is 9.83. The van der Waals surface area contributed by atoms with Crippen LogP contribution in [0.1, 0.15) is 0 Å². The summed E-state index contributed by atoms with van der Waals surface area (Å²) in [5.74, 6) is -2.39. The molecule has 0 saturated heterocycles. The molecule has 0 aromatic heterocycles. The molecular formula is C12H24N2O9. The molecule has 23 heavy (non-hydrogen) atoms. The molecular weight excluding hydrogens is 316 g/mol. The Morgan fingerprint density at radius 2 is 1.04 bits per heavy atom. The molecule has 0 aromatic carbocycles. The van der Waals surface area contributed by atoms with Gasteiger partial charge in [-0.25, -0.2) is 0 Å². The van der Waals surface area contributed by atoms with Crippen LogP contribution in [0.5, 0.6) is 0 Å². The van der Waals surface area contributed by atoms with Crippen molar-refractivity contribution in [1.82, 2.24) is 10.6 Å². The van der Waals surface area contributed by atoms with Crippen molar-refractivity contribution in [1.29, 1.82) is 0 Å². The van der Waals surface area contributed by atoms with E-state index < -0.39 is 62.5 Å². The molecule has 11 heteroatoms. The van der Waals surface area contributed by atoms with Crippen LogP contribution in [-0.4, -0.2) is 106 Å². The number of aliphatic carboxylic acids is 2. The number of carboxylic acid groups (broad SMARTS) is 2. The van der Waals surface area contributed by atoms with E-state index in [2.05, 4.69) is 10.6 Å². The van der Waals surface area contributed by atoms with Gasteiger partial charge in [0.25, 0.3) is 0 Å². The molecule has 0 saturated carbocycles. The zero-order valence-corrected chi connectivity index (χ0v) is 12.6. The minimum Gasteiger partial charge on any atom is -0.480 e. The molecule has 0 amide bonds. The molecule has 0 aliphatic rings. The fraction of sp³-hybridized carbons (Fsp3) is 0.833. The summed E-state index contributed by atoms with van der Waals surface area (Å²) in [6, 6.07) is 0. The first-order valence-electron chi connectivity index (χ1n) is 6.73. The molecule has 0 bridgehead atoms. The van der Waals surface area contributed by atoms with E-state index in [0.717, 1.165) is 0 Å². The van der Waals surface area contributed by atoms with Crippen LogP contribution in [0.3, 0.4) is 0 Å². The average molecular weight is 340 g/mol. The summed E-state index contributed by atoms with van der Waals surface area (Å²) in [6.45, 7) is -4.18. The Morgan fingerprint density at radius 3 is 1.26 bits per heavy atom. The third-order valence-corrected chi connectivity index (χ3v) is 3.20. The minimum absolute atomic E-state index is 0.330. The van der Waals surface area contributed by atoms with E-state index in [1.54, 1.807) is 0 Å². The van der Waals surface area contributed by atoms with Crippen LogP contribution < -0.4 is 10.6 Å². The third kappa shape index (κ3) is 7.65. The molecule has 11 nitrogen and oxygen atoms in total. The number of hydrogen-bond acceptors (Lipinski definition) is 9. The maximum atomic E-state index is 10.6. The van der Waals surface area contributed by atoms with Crippen LogP contribution in [0.15, 0.2) is 0 Å². The van der Waals surface area contributed by atoms with E-state index in [9.17, 15) is 30.0 Å². The van der Waals surface area contributed by atoms with E-state index in [4.69, 9.17) is 14.9 Å². The fourth-order valence-electron chi connectivity index (χ4n) is 1.58. The highest BCUT2D eigenvalue weighted by Crippen LogP contribution is 2.09. The van der Waals surface area contributed by atoms with Crippen molar-refractivity contribution in [3.05, 3.63) is 0 Å². The van der Waals surface area contributed by atoms with Crippen molar-refractivity contribution >= 4 is 11.9 Å². The summed E-state index contributed by atoms with van der Waals surface area (Å²) < 4.78 is 5.24. The summed E-state index contributed by atoms with van der Waals surface area (Å²) in [5, 5.41) is 59.4. The Labute approximate surface area is 132 Å². The molecule has 0 aliphatic carbocycles. The van der Waals surface area contributed by atoms with E-state index in [1.165, 1.54) is 0 Å². The van der Waals surface area contributed by atoms with Crippen molar-refractivity contribution < 1.29 is 45.0 Å². The highest BCUT2D eigenvalue weighted by molar-refractivity contribution is 5.69. The van der Waals surface area contributed by atoms with Gasteiger partial charge in [-0.2, -0.15) is 0 Å². The topological polar surface area (TPSA) is 189 Å². The van der Waals surface area contributed by atoms with E-state index in [-0.39, 0.29) is 13.2 Å². The zero-order chi connectivity index (χ0) is 17.9. The Bertz CT molecular complexity index is 336. The molecule has 0 unspecified atom stereocenters. The largest absolute Gasteiger partial charge is 0.480 e. The van der Waals surface area contributed by atoms with Gasteiger partial charge in [-0.3, -0.25) is 20.2 Å². The Balaban J connectivity index is 4.68. The number of nitrogens with one attached hydrogen (secondary N) is 2. The van der Waals surface area contributed by atoms with Gasteiger partial charge < -0.3 is 35.4 Å². The molecule has 0 radical (unpaired) electrons. The maximum absolute atomic E-state index is 10.6. The summed E-state index contributed by atoms with van der Waals surface area (Å²) in [6.07, 6.45) is 0. The zero-order valence-electron chi connectivity index (χ0n) is 12.6. The van der Waals surface area contributed by atoms with Gasteiger partial charge in [0.1, 0.15) is 0 Å². The van der Waals surface area contributed by atoms with Crippen molar-refractivity contribution in [2.24, 2.45) is 0 Å². The first kappa shape index (κ1) is 21.7. The van der Waals surface area contributed by atoms with Gasteiger partial charge in [0, 0.05) is 0 Å². The Morgan fingerprint density at radius 1 is 0.739 bits per heavy atom. The second kappa shape index (κ2) is 10.4. The lowest BCUT2D eigenvalue weighted by Gasteiger charge is -2.34. The summed E-state index contributed by atoms with van der Waals surface area (Å²) in [4.78, 5) is 21.1. The smallest absolute Gasteiger partial charge is 0.317 e. The van der Waals surface area contributed by atoms with Gasteiger partial charge in [-0.05, 0) is 0 Å². The lowest BCUT2D eigenvalue weighted by molar-refractivity contribution is -0.137. The summed E-state index contributed by atoms with van der Waals surface area (Å²) >= 11 is 0. The molecule has 0 rings (SSSR count). The number of carboxylic acids is 2. The Hall–Kier alpha value is -1.34. The van der Waals surface area contributed by atoms with Gasteiger partial charge in [0.15, 0.2) is 0 Å². The normalized spacial score (nSPS) is 12.3. The van der Waals surface area contributed by atoms with Crippen molar-refractivity contribution in [2.75, 3.05) is 52.7 Å². The van der Waals surface area contributed by atoms with Gasteiger partial charge >= 0.3 is 11.9 Å². The lowest BCUT2D eigenvalue weighted by atomic mass is 10.0. The van der Waals surface area contributed by atoms with E-state index in [0.29, 0.717) is 0 Å². The highest BCUT2D eigenvalue weighted by Gasteiger charge is 2.33.